The summed E-state index contributed by atoms with van der Waals surface area (Å²) >= 11 is 0. The molecule has 2 rings (SSSR count). The highest BCUT2D eigenvalue weighted by Crippen LogP contribution is 2.13. The van der Waals surface area contributed by atoms with Gasteiger partial charge in [-0.05, 0) is 48.5 Å². The highest BCUT2D eigenvalue weighted by atomic mass is 32.2. The quantitative estimate of drug-likeness (QED) is 0.747. The second-order valence-corrected chi connectivity index (χ2v) is 6.64. The molecule has 0 heterocycles. The molecule has 0 aliphatic heterocycles. The number of benzene rings is 2. The minimum Gasteiger partial charge on any atom is -0.383 e. The molecule has 2 aromatic carbocycles. The summed E-state index contributed by atoms with van der Waals surface area (Å²) in [5, 5.41) is 2.60. The fourth-order valence-corrected chi connectivity index (χ4v) is 2.90. The lowest BCUT2D eigenvalue weighted by Gasteiger charge is -2.08. The van der Waals surface area contributed by atoms with Crippen molar-refractivity contribution < 1.29 is 22.3 Å². The van der Waals surface area contributed by atoms with Crippen molar-refractivity contribution in [3.05, 3.63) is 59.9 Å². The summed E-state index contributed by atoms with van der Waals surface area (Å²) in [6.45, 7) is 0.420. The van der Waals surface area contributed by atoms with E-state index in [0.29, 0.717) is 5.69 Å². The molecule has 128 valence electrons. The van der Waals surface area contributed by atoms with Crippen molar-refractivity contribution in [3.63, 3.8) is 0 Å². The standard InChI is InChI=1S/C16H17FN2O4S/c1-23-11-10-18-24(21,22)15-8-2-12(3-9-15)16(20)19-14-6-4-13(17)5-7-14/h2-9,18H,10-11H2,1H3,(H,19,20). The van der Waals surface area contributed by atoms with Gasteiger partial charge >= 0.3 is 0 Å². The maximum Gasteiger partial charge on any atom is 0.255 e. The van der Waals surface area contributed by atoms with Crippen LogP contribution < -0.4 is 10.0 Å². The molecule has 0 saturated heterocycles. The molecule has 2 N–H and O–H groups in total. The number of ether oxygens (including phenoxy) is 1. The smallest absolute Gasteiger partial charge is 0.255 e. The molecule has 0 aliphatic rings. The van der Waals surface area contributed by atoms with Gasteiger partial charge in [-0.25, -0.2) is 17.5 Å². The predicted octanol–water partition coefficient (Wildman–Crippen LogP) is 2.00. The predicted molar refractivity (Wildman–Crippen MR) is 87.9 cm³/mol. The van der Waals surface area contributed by atoms with Crippen molar-refractivity contribution in [1.29, 1.82) is 0 Å². The third-order valence-corrected chi connectivity index (χ3v) is 4.60. The summed E-state index contributed by atoms with van der Waals surface area (Å²) < 4.78 is 44.0. The van der Waals surface area contributed by atoms with Gasteiger partial charge < -0.3 is 10.1 Å². The largest absolute Gasteiger partial charge is 0.383 e. The van der Waals surface area contributed by atoms with E-state index in [9.17, 15) is 17.6 Å². The molecule has 0 aromatic heterocycles. The molecule has 6 nitrogen and oxygen atoms in total. The van der Waals surface area contributed by atoms with E-state index in [1.165, 1.54) is 55.6 Å². The first-order chi connectivity index (χ1) is 11.4. The molecule has 0 saturated carbocycles. The summed E-state index contributed by atoms with van der Waals surface area (Å²) in [6.07, 6.45) is 0. The van der Waals surface area contributed by atoms with Crippen LogP contribution in [0.5, 0.6) is 0 Å². The van der Waals surface area contributed by atoms with Gasteiger partial charge in [0.05, 0.1) is 11.5 Å². The van der Waals surface area contributed by atoms with Crippen LogP contribution in [-0.4, -0.2) is 34.6 Å². The minimum absolute atomic E-state index is 0.0527. The number of carbonyl (C=O) groups is 1. The number of amides is 1. The van der Waals surface area contributed by atoms with Crippen LogP contribution in [0.25, 0.3) is 0 Å². The third-order valence-electron chi connectivity index (χ3n) is 3.13. The molecule has 24 heavy (non-hydrogen) atoms. The zero-order chi connectivity index (χ0) is 17.6. The van der Waals surface area contributed by atoms with Gasteiger partial charge in [0.25, 0.3) is 5.91 Å². The van der Waals surface area contributed by atoms with E-state index in [1.807, 2.05) is 0 Å². The van der Waals surface area contributed by atoms with Gasteiger partial charge in [-0.2, -0.15) is 0 Å². The van der Waals surface area contributed by atoms with Gasteiger partial charge in [-0.3, -0.25) is 4.79 Å². The van der Waals surface area contributed by atoms with Crippen molar-refractivity contribution in [1.82, 2.24) is 4.72 Å². The highest BCUT2D eigenvalue weighted by molar-refractivity contribution is 7.89. The number of sulfonamides is 1. The zero-order valence-corrected chi connectivity index (χ0v) is 13.8. The second-order valence-electron chi connectivity index (χ2n) is 4.88. The third kappa shape index (κ3) is 4.85. The summed E-state index contributed by atoms with van der Waals surface area (Å²) in [6, 6.07) is 10.8. The first-order valence-corrected chi connectivity index (χ1v) is 8.56. The number of anilines is 1. The Bertz CT molecular complexity index is 790. The maximum atomic E-state index is 12.8. The maximum absolute atomic E-state index is 12.8. The molecule has 2 aromatic rings. The van der Waals surface area contributed by atoms with Gasteiger partial charge in [0, 0.05) is 24.9 Å². The molecule has 0 atom stereocenters. The number of carbonyl (C=O) groups excluding carboxylic acids is 1. The summed E-state index contributed by atoms with van der Waals surface area (Å²) in [5.41, 5.74) is 0.731. The van der Waals surface area contributed by atoms with E-state index in [1.54, 1.807) is 0 Å². The Kier molecular flexibility index (Phi) is 6.02. The van der Waals surface area contributed by atoms with Crippen molar-refractivity contribution in [2.75, 3.05) is 25.6 Å². The minimum atomic E-state index is -3.64. The van der Waals surface area contributed by atoms with E-state index >= 15 is 0 Å². The number of rotatable bonds is 7. The van der Waals surface area contributed by atoms with Gasteiger partial charge in [-0.15, -0.1) is 0 Å². The van der Waals surface area contributed by atoms with Crippen molar-refractivity contribution in [3.8, 4) is 0 Å². The Morgan fingerprint density at radius 1 is 1.08 bits per heavy atom. The number of halogens is 1. The Hall–Kier alpha value is -2.29. The summed E-state index contributed by atoms with van der Waals surface area (Å²) in [5.74, 6) is -0.818. The number of hydrogen-bond donors (Lipinski definition) is 2. The van der Waals surface area contributed by atoms with Crippen molar-refractivity contribution in [2.24, 2.45) is 0 Å². The Morgan fingerprint density at radius 3 is 2.29 bits per heavy atom. The molecule has 0 bridgehead atoms. The van der Waals surface area contributed by atoms with E-state index in [2.05, 4.69) is 10.0 Å². The Labute approximate surface area is 139 Å². The van der Waals surface area contributed by atoms with Crippen LogP contribution in [-0.2, 0) is 14.8 Å². The van der Waals surface area contributed by atoms with E-state index in [4.69, 9.17) is 4.74 Å². The van der Waals surface area contributed by atoms with E-state index in [-0.39, 0.29) is 23.6 Å². The molecule has 0 spiro atoms. The lowest BCUT2D eigenvalue weighted by atomic mass is 10.2. The molecule has 0 fully saturated rings. The van der Waals surface area contributed by atoms with E-state index in [0.717, 1.165) is 0 Å². The molecule has 0 radical (unpaired) electrons. The zero-order valence-electron chi connectivity index (χ0n) is 13.0. The van der Waals surface area contributed by atoms with Gasteiger partial charge in [0.1, 0.15) is 5.82 Å². The Morgan fingerprint density at radius 2 is 1.71 bits per heavy atom. The van der Waals surface area contributed by atoms with Crippen LogP contribution in [0.4, 0.5) is 10.1 Å². The lowest BCUT2D eigenvalue weighted by Crippen LogP contribution is -2.27. The average molecular weight is 352 g/mol. The topological polar surface area (TPSA) is 84.5 Å². The van der Waals surface area contributed by atoms with Gasteiger partial charge in [-0.1, -0.05) is 0 Å². The summed E-state index contributed by atoms with van der Waals surface area (Å²) in [7, 11) is -2.17. The van der Waals surface area contributed by atoms with Crippen LogP contribution in [0.1, 0.15) is 10.4 Å². The lowest BCUT2D eigenvalue weighted by molar-refractivity contribution is 0.102. The van der Waals surface area contributed by atoms with Crippen LogP contribution in [0, 0.1) is 5.82 Å². The first kappa shape index (κ1) is 18.1. The van der Waals surface area contributed by atoms with Gasteiger partial charge in [0.15, 0.2) is 0 Å². The number of nitrogens with one attached hydrogen (secondary N) is 2. The van der Waals surface area contributed by atoms with Crippen molar-refractivity contribution >= 4 is 21.6 Å². The van der Waals surface area contributed by atoms with Crippen molar-refractivity contribution in [2.45, 2.75) is 4.90 Å². The molecule has 0 aliphatic carbocycles. The molecule has 1 amide bonds. The number of hydrogen-bond acceptors (Lipinski definition) is 4. The normalized spacial score (nSPS) is 11.2. The first-order valence-electron chi connectivity index (χ1n) is 7.08. The van der Waals surface area contributed by atoms with Crippen LogP contribution in [0.2, 0.25) is 0 Å². The molecule has 8 heteroatoms. The van der Waals surface area contributed by atoms with Crippen LogP contribution in [0.3, 0.4) is 0 Å². The highest BCUT2D eigenvalue weighted by Gasteiger charge is 2.14. The monoisotopic (exact) mass is 352 g/mol. The average Bonchev–Trinajstić information content (AvgIpc) is 2.57. The summed E-state index contributed by atoms with van der Waals surface area (Å²) in [4.78, 5) is 12.1. The van der Waals surface area contributed by atoms with Crippen LogP contribution >= 0.6 is 0 Å². The van der Waals surface area contributed by atoms with Gasteiger partial charge in [0.2, 0.25) is 10.0 Å². The fraction of sp³-hybridized carbons (Fsp3) is 0.188. The molecular formula is C16H17FN2O4S. The SMILES string of the molecule is COCCNS(=O)(=O)c1ccc(C(=O)Nc2ccc(F)cc2)cc1. The molecular weight excluding hydrogens is 335 g/mol. The molecule has 0 unspecified atom stereocenters. The van der Waals surface area contributed by atoms with Crippen LogP contribution in [0.15, 0.2) is 53.4 Å². The van der Waals surface area contributed by atoms with E-state index < -0.39 is 21.7 Å². The fourth-order valence-electron chi connectivity index (χ4n) is 1.88. The Balaban J connectivity index is 2.05. The second kappa shape index (κ2) is 8.00. The number of methoxy groups -OCH3 is 1.